The maximum absolute atomic E-state index is 13.5. The highest BCUT2D eigenvalue weighted by Crippen LogP contribution is 2.11. The van der Waals surface area contributed by atoms with E-state index in [1.807, 2.05) is 0 Å². The molecule has 1 aliphatic heterocycles. The Balaban J connectivity index is 1.90. The molecule has 0 saturated carbocycles. The number of rotatable bonds is 4. The van der Waals surface area contributed by atoms with Crippen LogP contribution in [0.3, 0.4) is 0 Å². The fraction of sp³-hybridized carbons (Fsp3) is 0.500. The summed E-state index contributed by atoms with van der Waals surface area (Å²) in [6.45, 7) is 5.08. The first-order valence-corrected chi connectivity index (χ1v) is 6.71. The van der Waals surface area contributed by atoms with Crippen molar-refractivity contribution in [1.82, 2.24) is 15.1 Å². The van der Waals surface area contributed by atoms with Gasteiger partial charge in [-0.25, -0.2) is 8.78 Å². The summed E-state index contributed by atoms with van der Waals surface area (Å²) in [4.78, 5) is 15.8. The molecular formula is C14H19F2N3O. The van der Waals surface area contributed by atoms with Crippen molar-refractivity contribution in [2.24, 2.45) is 0 Å². The van der Waals surface area contributed by atoms with Gasteiger partial charge in [0, 0.05) is 52.4 Å². The monoisotopic (exact) mass is 283 g/mol. The van der Waals surface area contributed by atoms with Crippen LogP contribution in [0.15, 0.2) is 18.2 Å². The minimum Gasteiger partial charge on any atom is -0.340 e. The summed E-state index contributed by atoms with van der Waals surface area (Å²) in [5.74, 6) is -1.91. The van der Waals surface area contributed by atoms with E-state index in [9.17, 15) is 13.6 Å². The van der Waals surface area contributed by atoms with E-state index >= 15 is 0 Å². The van der Waals surface area contributed by atoms with E-state index in [4.69, 9.17) is 0 Å². The van der Waals surface area contributed by atoms with Crippen molar-refractivity contribution in [2.45, 2.75) is 0 Å². The summed E-state index contributed by atoms with van der Waals surface area (Å²) < 4.78 is 26.4. The number of hydrogen-bond acceptors (Lipinski definition) is 3. The number of halogens is 2. The van der Waals surface area contributed by atoms with Crippen LogP contribution in [-0.2, 0) is 0 Å². The Morgan fingerprint density at radius 2 is 2.05 bits per heavy atom. The van der Waals surface area contributed by atoms with Crippen LogP contribution in [0.2, 0.25) is 0 Å². The molecule has 1 saturated heterocycles. The van der Waals surface area contributed by atoms with Gasteiger partial charge in [-0.05, 0) is 12.1 Å². The molecule has 1 aromatic rings. The minimum absolute atomic E-state index is 0.0887. The first-order valence-electron chi connectivity index (χ1n) is 6.71. The van der Waals surface area contributed by atoms with Gasteiger partial charge in [-0.3, -0.25) is 9.69 Å². The van der Waals surface area contributed by atoms with Gasteiger partial charge < -0.3 is 10.2 Å². The number of nitrogens with zero attached hydrogens (tertiary/aromatic N) is 2. The predicted molar refractivity (Wildman–Crippen MR) is 72.6 cm³/mol. The van der Waals surface area contributed by atoms with Crippen LogP contribution in [0.25, 0.3) is 0 Å². The number of piperazine rings is 1. The molecule has 20 heavy (non-hydrogen) atoms. The summed E-state index contributed by atoms with van der Waals surface area (Å²) in [6.07, 6.45) is 0. The van der Waals surface area contributed by atoms with Gasteiger partial charge in [0.15, 0.2) is 0 Å². The van der Waals surface area contributed by atoms with E-state index in [-0.39, 0.29) is 5.56 Å². The van der Waals surface area contributed by atoms with Gasteiger partial charge in [-0.15, -0.1) is 0 Å². The van der Waals surface area contributed by atoms with Crippen LogP contribution in [0.4, 0.5) is 8.78 Å². The maximum Gasteiger partial charge on any atom is 0.256 e. The Bertz CT molecular complexity index is 475. The highest BCUT2D eigenvalue weighted by Gasteiger charge is 2.18. The van der Waals surface area contributed by atoms with E-state index < -0.39 is 17.5 Å². The average molecular weight is 283 g/mol. The molecule has 0 bridgehead atoms. The van der Waals surface area contributed by atoms with Crippen molar-refractivity contribution in [1.29, 1.82) is 0 Å². The predicted octanol–water partition coefficient (Wildman–Crippen LogP) is 0.942. The van der Waals surface area contributed by atoms with Crippen LogP contribution in [0.1, 0.15) is 10.4 Å². The second-order valence-electron chi connectivity index (χ2n) is 4.94. The van der Waals surface area contributed by atoms with Crippen LogP contribution < -0.4 is 5.32 Å². The topological polar surface area (TPSA) is 35.6 Å². The van der Waals surface area contributed by atoms with Crippen molar-refractivity contribution in [2.75, 3.05) is 46.3 Å². The average Bonchev–Trinajstić information content (AvgIpc) is 2.45. The molecule has 110 valence electrons. The van der Waals surface area contributed by atoms with Crippen molar-refractivity contribution in [3.63, 3.8) is 0 Å². The molecule has 1 N–H and O–H groups in total. The molecule has 6 heteroatoms. The number of nitrogens with one attached hydrogen (secondary N) is 1. The Labute approximate surface area is 117 Å². The lowest BCUT2D eigenvalue weighted by Crippen LogP contribution is -2.46. The van der Waals surface area contributed by atoms with Crippen LogP contribution in [0.5, 0.6) is 0 Å². The SMILES string of the molecule is CN(CCN1CCNCC1)C(=O)c1ccc(F)cc1F. The van der Waals surface area contributed by atoms with E-state index in [1.54, 1.807) is 7.05 Å². The van der Waals surface area contributed by atoms with Gasteiger partial charge in [-0.1, -0.05) is 0 Å². The normalized spacial score (nSPS) is 16.1. The van der Waals surface area contributed by atoms with Crippen molar-refractivity contribution in [3.05, 3.63) is 35.4 Å². The molecule has 0 spiro atoms. The molecule has 1 aliphatic rings. The number of benzene rings is 1. The highest BCUT2D eigenvalue weighted by atomic mass is 19.1. The molecule has 1 fully saturated rings. The zero-order chi connectivity index (χ0) is 14.5. The summed E-state index contributed by atoms with van der Waals surface area (Å²) in [7, 11) is 1.63. The molecule has 0 unspecified atom stereocenters. The van der Waals surface area contributed by atoms with Crippen molar-refractivity contribution in [3.8, 4) is 0 Å². The Kier molecular flexibility index (Phi) is 5.03. The molecular weight excluding hydrogens is 264 g/mol. The molecule has 0 aromatic heterocycles. The molecule has 2 rings (SSSR count). The quantitative estimate of drug-likeness (QED) is 0.893. The van der Waals surface area contributed by atoms with Gasteiger partial charge in [0.1, 0.15) is 11.6 Å². The molecule has 0 radical (unpaired) electrons. The third-order valence-corrected chi connectivity index (χ3v) is 3.47. The zero-order valence-corrected chi connectivity index (χ0v) is 11.5. The molecule has 1 heterocycles. The van der Waals surface area contributed by atoms with E-state index in [1.165, 1.54) is 11.0 Å². The molecule has 4 nitrogen and oxygen atoms in total. The van der Waals surface area contributed by atoms with Gasteiger partial charge in [-0.2, -0.15) is 0 Å². The number of carbonyl (C=O) groups excluding carboxylic acids is 1. The molecule has 1 aromatic carbocycles. The lowest BCUT2D eigenvalue weighted by Gasteiger charge is -2.29. The first-order chi connectivity index (χ1) is 9.58. The lowest BCUT2D eigenvalue weighted by atomic mass is 10.2. The summed E-state index contributed by atoms with van der Waals surface area (Å²) in [5, 5.41) is 3.26. The van der Waals surface area contributed by atoms with Gasteiger partial charge in [0.2, 0.25) is 0 Å². The van der Waals surface area contributed by atoms with Crippen molar-refractivity contribution < 1.29 is 13.6 Å². The number of amides is 1. The fourth-order valence-electron chi connectivity index (χ4n) is 2.20. The molecule has 1 amide bonds. The van der Waals surface area contributed by atoms with Gasteiger partial charge >= 0.3 is 0 Å². The lowest BCUT2D eigenvalue weighted by molar-refractivity contribution is 0.0770. The van der Waals surface area contributed by atoms with Crippen LogP contribution in [0, 0.1) is 11.6 Å². The number of hydrogen-bond donors (Lipinski definition) is 1. The fourth-order valence-corrected chi connectivity index (χ4v) is 2.20. The van der Waals surface area contributed by atoms with E-state index in [0.717, 1.165) is 44.9 Å². The largest absolute Gasteiger partial charge is 0.340 e. The number of likely N-dealkylation sites (N-methyl/N-ethyl adjacent to an activating group) is 1. The Hall–Kier alpha value is -1.53. The van der Waals surface area contributed by atoms with Gasteiger partial charge in [0.05, 0.1) is 5.56 Å². The third-order valence-electron chi connectivity index (χ3n) is 3.47. The minimum atomic E-state index is -0.816. The molecule has 0 atom stereocenters. The van der Waals surface area contributed by atoms with Crippen molar-refractivity contribution >= 4 is 5.91 Å². The Morgan fingerprint density at radius 1 is 1.35 bits per heavy atom. The second kappa shape index (κ2) is 6.76. The Morgan fingerprint density at radius 3 is 2.70 bits per heavy atom. The van der Waals surface area contributed by atoms with Crippen LogP contribution in [-0.4, -0.2) is 62.0 Å². The highest BCUT2D eigenvalue weighted by molar-refractivity contribution is 5.94. The smallest absolute Gasteiger partial charge is 0.256 e. The standard InChI is InChI=1S/C14H19F2N3O/c1-18(8-9-19-6-4-17-5-7-19)14(20)12-3-2-11(15)10-13(12)16/h2-3,10,17H,4-9H2,1H3. The molecule has 0 aliphatic carbocycles. The second-order valence-corrected chi connectivity index (χ2v) is 4.94. The summed E-state index contributed by atoms with van der Waals surface area (Å²) in [6, 6.07) is 3.02. The van der Waals surface area contributed by atoms with E-state index in [2.05, 4.69) is 10.2 Å². The summed E-state index contributed by atoms with van der Waals surface area (Å²) in [5.41, 5.74) is -0.0887. The first kappa shape index (κ1) is 14.9. The van der Waals surface area contributed by atoms with Crippen LogP contribution >= 0.6 is 0 Å². The number of carbonyl (C=O) groups is 1. The maximum atomic E-state index is 13.5. The van der Waals surface area contributed by atoms with Gasteiger partial charge in [0.25, 0.3) is 5.91 Å². The third kappa shape index (κ3) is 3.74. The summed E-state index contributed by atoms with van der Waals surface area (Å²) >= 11 is 0. The zero-order valence-electron chi connectivity index (χ0n) is 11.5. The van der Waals surface area contributed by atoms with E-state index in [0.29, 0.717) is 6.54 Å².